The number of anilines is 1. The van der Waals surface area contributed by atoms with Gasteiger partial charge in [0.15, 0.2) is 0 Å². The Morgan fingerprint density at radius 3 is 2.52 bits per heavy atom. The standard InChI is InChI=1S/C26H30N2O4S/c1-18-11-13-20(14-12-18)33(30,31)32-28(2)16-15-19(21-7-4-6-10-25(21)28)17-24-26(29)22-8-3-5-9-23(22)27-24/h3,5,8-9,11-14,17,19,21,25H,4,6-7,10,15-16H2,1-2H3/p+1. The van der Waals surface area contributed by atoms with E-state index in [4.69, 9.17) is 4.28 Å². The van der Waals surface area contributed by atoms with Crippen LogP contribution in [0.5, 0.6) is 0 Å². The van der Waals surface area contributed by atoms with Gasteiger partial charge in [0.2, 0.25) is 5.78 Å². The van der Waals surface area contributed by atoms with E-state index in [2.05, 4.69) is 11.4 Å². The molecule has 0 bridgehead atoms. The summed E-state index contributed by atoms with van der Waals surface area (Å²) in [7, 11) is -1.97. The van der Waals surface area contributed by atoms with Gasteiger partial charge in [-0.1, -0.05) is 46.6 Å². The lowest BCUT2D eigenvalue weighted by molar-refractivity contribution is -1.09. The summed E-state index contributed by atoms with van der Waals surface area (Å²) >= 11 is 0. The molecular weight excluding hydrogens is 436 g/mol. The Hall–Kier alpha value is -2.48. The molecule has 0 amide bonds. The molecule has 6 nitrogen and oxygen atoms in total. The van der Waals surface area contributed by atoms with Gasteiger partial charge in [-0.2, -0.15) is 13.1 Å². The highest BCUT2D eigenvalue weighted by Gasteiger charge is 2.51. The number of quaternary nitrogens is 1. The van der Waals surface area contributed by atoms with Crippen LogP contribution in [0, 0.1) is 18.8 Å². The summed E-state index contributed by atoms with van der Waals surface area (Å²) in [6.45, 7) is 2.52. The number of hydrogen-bond donors (Lipinski definition) is 1. The van der Waals surface area contributed by atoms with Crippen LogP contribution in [0.15, 0.2) is 65.2 Å². The molecule has 3 aliphatic rings. The van der Waals surface area contributed by atoms with E-state index >= 15 is 0 Å². The predicted molar refractivity (Wildman–Crippen MR) is 127 cm³/mol. The second-order valence-corrected chi connectivity index (χ2v) is 11.3. The first-order chi connectivity index (χ1) is 15.8. The smallest absolute Gasteiger partial charge is 0.342 e. The number of para-hydroxylation sites is 1. The topological polar surface area (TPSA) is 72.5 Å². The summed E-state index contributed by atoms with van der Waals surface area (Å²) in [5.41, 5.74) is 3.23. The van der Waals surface area contributed by atoms with Crippen LogP contribution in [0.25, 0.3) is 0 Å². The number of carbonyl (C=O) groups is 1. The number of aryl methyl sites for hydroxylation is 1. The number of likely N-dealkylation sites (tertiary alicyclic amines) is 1. The summed E-state index contributed by atoms with van der Waals surface area (Å²) in [5.74, 6) is 0.531. The number of rotatable bonds is 4. The van der Waals surface area contributed by atoms with Crippen molar-refractivity contribution in [2.24, 2.45) is 11.8 Å². The van der Waals surface area contributed by atoms with Crippen molar-refractivity contribution in [3.05, 3.63) is 71.4 Å². The van der Waals surface area contributed by atoms with E-state index in [-0.39, 0.29) is 33.2 Å². The quantitative estimate of drug-likeness (QED) is 0.515. The lowest BCUT2D eigenvalue weighted by Gasteiger charge is -2.49. The van der Waals surface area contributed by atoms with E-state index in [0.717, 1.165) is 43.4 Å². The number of ketones is 1. The third-order valence-corrected chi connectivity index (χ3v) is 8.97. The third kappa shape index (κ3) is 4.14. The van der Waals surface area contributed by atoms with Crippen molar-refractivity contribution >= 4 is 21.6 Å². The van der Waals surface area contributed by atoms with Gasteiger partial charge < -0.3 is 5.32 Å². The van der Waals surface area contributed by atoms with Crippen LogP contribution in [0.3, 0.4) is 0 Å². The number of allylic oxidation sites excluding steroid dienone is 2. The summed E-state index contributed by atoms with van der Waals surface area (Å²) < 4.78 is 32.3. The highest BCUT2D eigenvalue weighted by Crippen LogP contribution is 2.44. The Balaban J connectivity index is 1.39. The van der Waals surface area contributed by atoms with E-state index in [1.807, 2.05) is 38.2 Å². The average Bonchev–Trinajstić information content (AvgIpc) is 3.11. The Bertz CT molecular complexity index is 1210. The maximum absolute atomic E-state index is 13.1. The number of piperidine rings is 1. The van der Waals surface area contributed by atoms with Crippen molar-refractivity contribution in [3.8, 4) is 0 Å². The number of fused-ring (bicyclic) bond motifs is 2. The lowest BCUT2D eigenvalue weighted by Crippen LogP contribution is -2.62. The highest BCUT2D eigenvalue weighted by molar-refractivity contribution is 7.86. The van der Waals surface area contributed by atoms with Gasteiger partial charge in [-0.25, -0.2) is 0 Å². The van der Waals surface area contributed by atoms with Gasteiger partial charge in [0.1, 0.15) is 19.6 Å². The van der Waals surface area contributed by atoms with E-state index in [0.29, 0.717) is 17.8 Å². The lowest BCUT2D eigenvalue weighted by atomic mass is 9.71. The summed E-state index contributed by atoms with van der Waals surface area (Å²) in [4.78, 5) is 13.1. The fraction of sp³-hybridized carbons (Fsp3) is 0.423. The molecule has 2 aliphatic heterocycles. The van der Waals surface area contributed by atoms with Crippen molar-refractivity contribution in [2.45, 2.75) is 50.0 Å². The van der Waals surface area contributed by atoms with E-state index < -0.39 is 10.1 Å². The van der Waals surface area contributed by atoms with Crippen LogP contribution >= 0.6 is 0 Å². The maximum atomic E-state index is 13.1. The number of nitrogens with one attached hydrogen (secondary N) is 1. The van der Waals surface area contributed by atoms with Crippen molar-refractivity contribution < 1.29 is 22.1 Å². The number of nitrogens with zero attached hydrogens (tertiary/aromatic N) is 1. The Morgan fingerprint density at radius 2 is 1.76 bits per heavy atom. The summed E-state index contributed by atoms with van der Waals surface area (Å²) in [5, 5.41) is 3.29. The van der Waals surface area contributed by atoms with Gasteiger partial charge in [0.25, 0.3) is 0 Å². The first-order valence-corrected chi connectivity index (χ1v) is 13.2. The zero-order chi connectivity index (χ0) is 23.2. The van der Waals surface area contributed by atoms with Crippen LogP contribution in [0.2, 0.25) is 0 Å². The van der Waals surface area contributed by atoms with Crippen molar-refractivity contribution in [1.29, 1.82) is 0 Å². The molecule has 0 spiro atoms. The molecule has 2 aromatic carbocycles. The van der Waals surface area contributed by atoms with Crippen molar-refractivity contribution in [2.75, 3.05) is 18.9 Å². The largest absolute Gasteiger partial charge is 0.352 e. The number of hydroxylamine groups is 3. The van der Waals surface area contributed by atoms with E-state index in [1.54, 1.807) is 24.3 Å². The van der Waals surface area contributed by atoms with E-state index in [9.17, 15) is 13.2 Å². The fourth-order valence-electron chi connectivity index (χ4n) is 5.84. The van der Waals surface area contributed by atoms with Gasteiger partial charge in [-0.3, -0.25) is 4.79 Å². The third-order valence-electron chi connectivity index (χ3n) is 7.58. The average molecular weight is 468 g/mol. The zero-order valence-electron chi connectivity index (χ0n) is 19.2. The van der Waals surface area contributed by atoms with Crippen molar-refractivity contribution in [3.63, 3.8) is 0 Å². The molecule has 174 valence electrons. The molecule has 2 heterocycles. The Labute approximate surface area is 195 Å². The first-order valence-electron chi connectivity index (χ1n) is 11.8. The first kappa shape index (κ1) is 22.3. The maximum Gasteiger partial charge on any atom is 0.342 e. The highest BCUT2D eigenvalue weighted by atomic mass is 32.2. The molecule has 1 N–H and O–H groups in total. The normalized spacial score (nSPS) is 30.5. The van der Waals surface area contributed by atoms with Gasteiger partial charge in [-0.15, -0.1) is 0 Å². The molecule has 0 aromatic heterocycles. The van der Waals surface area contributed by atoms with Crippen LogP contribution in [0.4, 0.5) is 5.69 Å². The molecular formula is C26H31N2O4S+. The van der Waals surface area contributed by atoms with Gasteiger partial charge in [-0.05, 0) is 49.9 Å². The van der Waals surface area contributed by atoms with Crippen molar-refractivity contribution in [1.82, 2.24) is 0 Å². The SMILES string of the molecule is Cc1ccc(S(=O)(=O)O[N+]2(C)CCC(C=C3Nc4ccccc4C3=O)C3CCCCC32)cc1. The summed E-state index contributed by atoms with van der Waals surface area (Å²) in [6.07, 6.45) is 7.00. The van der Waals surface area contributed by atoms with Gasteiger partial charge in [0.05, 0.1) is 10.6 Å². The van der Waals surface area contributed by atoms with Crippen LogP contribution in [0.1, 0.15) is 48.0 Å². The molecule has 0 radical (unpaired) electrons. The molecule has 4 atom stereocenters. The molecule has 5 rings (SSSR count). The minimum Gasteiger partial charge on any atom is -0.352 e. The molecule has 1 saturated heterocycles. The summed E-state index contributed by atoms with van der Waals surface area (Å²) in [6, 6.07) is 14.5. The zero-order valence-corrected chi connectivity index (χ0v) is 20.0. The molecule has 4 unspecified atom stereocenters. The molecule has 1 aliphatic carbocycles. The van der Waals surface area contributed by atoms with Gasteiger partial charge >= 0.3 is 10.1 Å². The number of benzene rings is 2. The second kappa shape index (κ2) is 8.38. The second-order valence-electron chi connectivity index (χ2n) is 9.79. The minimum atomic E-state index is -3.88. The van der Waals surface area contributed by atoms with Crippen LogP contribution in [-0.4, -0.2) is 38.5 Å². The predicted octanol–water partition coefficient (Wildman–Crippen LogP) is 4.83. The molecule has 33 heavy (non-hydrogen) atoms. The minimum absolute atomic E-state index is 0.0407. The molecule has 1 saturated carbocycles. The monoisotopic (exact) mass is 467 g/mol. The number of Topliss-reactive ketones (excluding diaryl/α,β-unsaturated/α-hetero) is 1. The molecule has 2 fully saturated rings. The van der Waals surface area contributed by atoms with Crippen LogP contribution < -0.4 is 5.32 Å². The molecule has 2 aromatic rings. The fourth-order valence-corrected chi connectivity index (χ4v) is 7.03. The van der Waals surface area contributed by atoms with E-state index in [1.165, 1.54) is 0 Å². The molecule has 7 heteroatoms. The van der Waals surface area contributed by atoms with Gasteiger partial charge in [0, 0.05) is 30.0 Å². The van der Waals surface area contributed by atoms with Crippen LogP contribution in [-0.2, 0) is 14.4 Å². The number of hydrogen-bond acceptors (Lipinski definition) is 5. The Morgan fingerprint density at radius 1 is 1.03 bits per heavy atom. The number of carbonyl (C=O) groups excluding carboxylic acids is 1. The Kier molecular flexibility index (Phi) is 5.67.